The molecule has 1 aliphatic carbocycles. The Kier molecular flexibility index (Phi) is 2.35. The highest BCUT2D eigenvalue weighted by Gasteiger charge is 2.52. The summed E-state index contributed by atoms with van der Waals surface area (Å²) in [5.74, 6) is 0.438. The third-order valence-corrected chi connectivity index (χ3v) is 3.89. The molecule has 0 aromatic heterocycles. The van der Waals surface area contributed by atoms with Crippen LogP contribution in [0.25, 0.3) is 0 Å². The Balaban J connectivity index is 1.79. The van der Waals surface area contributed by atoms with Crippen LogP contribution in [0.4, 0.5) is 11.4 Å². The highest BCUT2D eigenvalue weighted by atomic mass is 16.6. The second-order valence-corrected chi connectivity index (χ2v) is 5.52. The molecule has 2 aliphatic rings. The molecule has 1 aromatic rings. The molecule has 0 radical (unpaired) electrons. The number of aryl methyl sites for hydroxylation is 1. The highest BCUT2D eigenvalue weighted by molar-refractivity contribution is 5.58. The van der Waals surface area contributed by atoms with Gasteiger partial charge in [0.25, 0.3) is 5.69 Å². The molecule has 2 fully saturated rings. The molecule has 1 heterocycles. The Morgan fingerprint density at radius 2 is 2.06 bits per heavy atom. The van der Waals surface area contributed by atoms with E-state index >= 15 is 0 Å². The fourth-order valence-corrected chi connectivity index (χ4v) is 2.71. The predicted octanol–water partition coefficient (Wildman–Crippen LogP) is 1.86. The molecule has 0 unspecified atom stereocenters. The zero-order valence-corrected chi connectivity index (χ0v) is 10.3. The van der Waals surface area contributed by atoms with Crippen LogP contribution in [-0.2, 0) is 0 Å². The Labute approximate surface area is 105 Å². The van der Waals surface area contributed by atoms with Crippen LogP contribution in [-0.4, -0.2) is 28.7 Å². The van der Waals surface area contributed by atoms with E-state index in [0.29, 0.717) is 19.0 Å². The van der Waals surface area contributed by atoms with E-state index in [2.05, 4.69) is 0 Å². The molecule has 1 aliphatic heterocycles. The number of nitro benzene ring substituents is 1. The summed E-state index contributed by atoms with van der Waals surface area (Å²) in [6, 6.07) is 5.08. The summed E-state index contributed by atoms with van der Waals surface area (Å²) in [5.41, 5.74) is 1.28. The molecule has 0 atom stereocenters. The van der Waals surface area contributed by atoms with Gasteiger partial charge in [0.05, 0.1) is 4.92 Å². The topological polar surface area (TPSA) is 66.6 Å². The van der Waals surface area contributed by atoms with E-state index < -0.39 is 5.60 Å². The van der Waals surface area contributed by atoms with Gasteiger partial charge in [0.1, 0.15) is 5.60 Å². The number of nitrogens with zero attached hydrogens (tertiary/aromatic N) is 2. The highest BCUT2D eigenvalue weighted by Crippen LogP contribution is 2.46. The molecule has 1 aromatic carbocycles. The fraction of sp³-hybridized carbons (Fsp3) is 0.538. The van der Waals surface area contributed by atoms with Gasteiger partial charge in [-0.15, -0.1) is 0 Å². The van der Waals surface area contributed by atoms with E-state index in [-0.39, 0.29) is 10.6 Å². The molecular weight excluding hydrogens is 232 g/mol. The average Bonchev–Trinajstić information content (AvgIpc) is 3.07. The first-order valence-corrected chi connectivity index (χ1v) is 6.21. The third-order valence-electron chi connectivity index (χ3n) is 3.89. The molecule has 1 N–H and O–H groups in total. The van der Waals surface area contributed by atoms with Crippen LogP contribution in [0.2, 0.25) is 0 Å². The molecule has 3 rings (SSSR count). The van der Waals surface area contributed by atoms with Crippen LogP contribution in [0, 0.1) is 23.0 Å². The van der Waals surface area contributed by atoms with Gasteiger partial charge in [-0.3, -0.25) is 10.1 Å². The van der Waals surface area contributed by atoms with E-state index in [4.69, 9.17) is 0 Å². The summed E-state index contributed by atoms with van der Waals surface area (Å²) in [4.78, 5) is 12.5. The Hall–Kier alpha value is -1.62. The van der Waals surface area contributed by atoms with Crippen LogP contribution >= 0.6 is 0 Å². The van der Waals surface area contributed by atoms with Gasteiger partial charge in [0.15, 0.2) is 0 Å². The normalized spacial score (nSPS) is 21.6. The van der Waals surface area contributed by atoms with Crippen molar-refractivity contribution in [2.75, 3.05) is 18.0 Å². The number of benzene rings is 1. The van der Waals surface area contributed by atoms with Crippen LogP contribution in [0.3, 0.4) is 0 Å². The van der Waals surface area contributed by atoms with E-state index in [1.807, 2.05) is 17.9 Å². The number of hydrogen-bond acceptors (Lipinski definition) is 4. The molecule has 1 saturated heterocycles. The van der Waals surface area contributed by atoms with Crippen molar-refractivity contribution in [3.05, 3.63) is 33.9 Å². The van der Waals surface area contributed by atoms with Gasteiger partial charge in [-0.05, 0) is 37.3 Å². The SMILES string of the molecule is Cc1cc(N2CC(O)(C3CC3)C2)cc([N+](=O)[O-])c1. The average molecular weight is 248 g/mol. The van der Waals surface area contributed by atoms with Crippen LogP contribution in [0.1, 0.15) is 18.4 Å². The van der Waals surface area contributed by atoms with Crippen molar-refractivity contribution in [3.63, 3.8) is 0 Å². The molecule has 18 heavy (non-hydrogen) atoms. The summed E-state index contributed by atoms with van der Waals surface area (Å²) < 4.78 is 0. The quantitative estimate of drug-likeness (QED) is 0.655. The van der Waals surface area contributed by atoms with E-state index in [9.17, 15) is 15.2 Å². The molecule has 0 bridgehead atoms. The van der Waals surface area contributed by atoms with Crippen molar-refractivity contribution < 1.29 is 10.0 Å². The van der Waals surface area contributed by atoms with E-state index in [1.165, 1.54) is 0 Å². The minimum Gasteiger partial charge on any atom is -0.386 e. The van der Waals surface area contributed by atoms with Crippen molar-refractivity contribution >= 4 is 11.4 Å². The Morgan fingerprint density at radius 1 is 1.39 bits per heavy atom. The lowest BCUT2D eigenvalue weighted by Gasteiger charge is -2.48. The number of anilines is 1. The molecule has 0 amide bonds. The summed E-state index contributed by atoms with van der Waals surface area (Å²) >= 11 is 0. The summed E-state index contributed by atoms with van der Waals surface area (Å²) in [6.45, 7) is 3.04. The predicted molar refractivity (Wildman–Crippen MR) is 67.7 cm³/mol. The summed E-state index contributed by atoms with van der Waals surface area (Å²) in [5, 5.41) is 21.1. The van der Waals surface area contributed by atoms with Gasteiger partial charge in [-0.25, -0.2) is 0 Å². The first-order chi connectivity index (χ1) is 8.48. The minimum absolute atomic E-state index is 0.117. The first-order valence-electron chi connectivity index (χ1n) is 6.21. The Morgan fingerprint density at radius 3 is 2.61 bits per heavy atom. The summed E-state index contributed by atoms with van der Waals surface area (Å²) in [7, 11) is 0. The second-order valence-electron chi connectivity index (χ2n) is 5.52. The molecular formula is C13H16N2O3. The standard InChI is InChI=1S/C13H16N2O3/c1-9-4-11(6-12(5-9)15(17)18)14-7-13(16,8-14)10-2-3-10/h4-6,10,16H,2-3,7-8H2,1H3. The minimum atomic E-state index is -0.557. The van der Waals surface area contributed by atoms with Crippen molar-refractivity contribution in [3.8, 4) is 0 Å². The van der Waals surface area contributed by atoms with Gasteiger partial charge in [0, 0.05) is 30.9 Å². The van der Waals surface area contributed by atoms with Crippen molar-refractivity contribution in [1.82, 2.24) is 0 Å². The maximum absolute atomic E-state index is 10.8. The zero-order valence-electron chi connectivity index (χ0n) is 10.3. The van der Waals surface area contributed by atoms with Crippen molar-refractivity contribution in [2.24, 2.45) is 5.92 Å². The van der Waals surface area contributed by atoms with Gasteiger partial charge < -0.3 is 10.0 Å². The van der Waals surface area contributed by atoms with Crippen molar-refractivity contribution in [1.29, 1.82) is 0 Å². The number of nitro groups is 1. The van der Waals surface area contributed by atoms with Gasteiger partial charge >= 0.3 is 0 Å². The zero-order chi connectivity index (χ0) is 12.9. The largest absolute Gasteiger partial charge is 0.386 e. The van der Waals surface area contributed by atoms with Gasteiger partial charge in [-0.2, -0.15) is 0 Å². The molecule has 0 spiro atoms. The molecule has 5 heteroatoms. The number of β-amino-alcohol motifs (C(OH)–C–C–N with tert-alkyl or cyclic N) is 1. The second kappa shape index (κ2) is 3.68. The number of rotatable bonds is 3. The Bertz CT molecular complexity index is 505. The molecule has 1 saturated carbocycles. The lowest BCUT2D eigenvalue weighted by molar-refractivity contribution is -0.384. The summed E-state index contributed by atoms with van der Waals surface area (Å²) in [6.07, 6.45) is 2.22. The van der Waals surface area contributed by atoms with E-state index in [0.717, 1.165) is 24.1 Å². The first kappa shape index (κ1) is 11.5. The van der Waals surface area contributed by atoms with Crippen molar-refractivity contribution in [2.45, 2.75) is 25.4 Å². The number of aliphatic hydroxyl groups is 1. The molecule has 5 nitrogen and oxygen atoms in total. The molecule has 96 valence electrons. The smallest absolute Gasteiger partial charge is 0.271 e. The number of hydrogen-bond donors (Lipinski definition) is 1. The van der Waals surface area contributed by atoms with Gasteiger partial charge in [0.2, 0.25) is 0 Å². The lowest BCUT2D eigenvalue weighted by Crippen LogP contribution is -2.63. The lowest BCUT2D eigenvalue weighted by atomic mass is 9.88. The fourth-order valence-electron chi connectivity index (χ4n) is 2.71. The van der Waals surface area contributed by atoms with Crippen LogP contribution in [0.5, 0.6) is 0 Å². The number of non-ortho nitro benzene ring substituents is 1. The third kappa shape index (κ3) is 1.84. The van der Waals surface area contributed by atoms with E-state index in [1.54, 1.807) is 12.1 Å². The maximum Gasteiger partial charge on any atom is 0.271 e. The van der Waals surface area contributed by atoms with Gasteiger partial charge in [-0.1, -0.05) is 0 Å². The maximum atomic E-state index is 10.8. The van der Waals surface area contributed by atoms with Crippen LogP contribution in [0.15, 0.2) is 18.2 Å². The van der Waals surface area contributed by atoms with Crippen LogP contribution < -0.4 is 4.90 Å². The monoisotopic (exact) mass is 248 g/mol.